The first kappa shape index (κ1) is 16.5. The Morgan fingerprint density at radius 2 is 2.14 bits per heavy atom. The van der Waals surface area contributed by atoms with Crippen LogP contribution in [0.5, 0.6) is 0 Å². The maximum Gasteiger partial charge on any atom is 0.150 e. The second-order valence-electron chi connectivity index (χ2n) is 6.11. The van der Waals surface area contributed by atoms with E-state index in [9.17, 15) is 8.42 Å². The molecule has 1 N–H and O–H groups in total. The summed E-state index contributed by atoms with van der Waals surface area (Å²) in [5.74, 6) is 1.03. The normalized spacial score (nSPS) is 22.3. The summed E-state index contributed by atoms with van der Waals surface area (Å²) < 4.78 is 23.3. The summed E-state index contributed by atoms with van der Waals surface area (Å²) in [6, 6.07) is 9.01. The van der Waals surface area contributed by atoms with Crippen LogP contribution in [-0.4, -0.2) is 26.5 Å². The zero-order valence-corrected chi connectivity index (χ0v) is 14.0. The fraction of sp³-hybridized carbons (Fsp3) is 0.647. The van der Waals surface area contributed by atoms with Crippen molar-refractivity contribution in [3.8, 4) is 0 Å². The zero-order valence-electron chi connectivity index (χ0n) is 13.1. The van der Waals surface area contributed by atoms with E-state index in [4.69, 9.17) is 0 Å². The summed E-state index contributed by atoms with van der Waals surface area (Å²) in [5.41, 5.74) is 2.67. The molecule has 1 aromatic rings. The van der Waals surface area contributed by atoms with Crippen molar-refractivity contribution in [2.45, 2.75) is 45.6 Å². The summed E-state index contributed by atoms with van der Waals surface area (Å²) in [5, 5.41) is 3.53. The minimum absolute atomic E-state index is 0.269. The molecule has 1 saturated heterocycles. The van der Waals surface area contributed by atoms with Crippen molar-refractivity contribution in [3.63, 3.8) is 0 Å². The van der Waals surface area contributed by atoms with Crippen molar-refractivity contribution in [1.29, 1.82) is 0 Å². The lowest BCUT2D eigenvalue weighted by atomic mass is 9.93. The van der Waals surface area contributed by atoms with Gasteiger partial charge >= 0.3 is 0 Å². The van der Waals surface area contributed by atoms with Gasteiger partial charge in [0.25, 0.3) is 0 Å². The van der Waals surface area contributed by atoms with Gasteiger partial charge in [0, 0.05) is 6.04 Å². The molecule has 0 spiro atoms. The third kappa shape index (κ3) is 4.82. The van der Waals surface area contributed by atoms with Crippen LogP contribution >= 0.6 is 0 Å². The summed E-state index contributed by atoms with van der Waals surface area (Å²) in [6.45, 7) is 5.20. The minimum atomic E-state index is -2.78. The lowest BCUT2D eigenvalue weighted by Gasteiger charge is -2.22. The first-order chi connectivity index (χ1) is 10.0. The van der Waals surface area contributed by atoms with E-state index in [-0.39, 0.29) is 6.04 Å². The van der Waals surface area contributed by atoms with E-state index in [1.54, 1.807) is 0 Å². The van der Waals surface area contributed by atoms with Crippen LogP contribution in [0.15, 0.2) is 24.3 Å². The van der Waals surface area contributed by atoms with E-state index >= 15 is 0 Å². The maximum atomic E-state index is 11.6. The van der Waals surface area contributed by atoms with Crippen molar-refractivity contribution in [1.82, 2.24) is 5.32 Å². The molecule has 2 rings (SSSR count). The van der Waals surface area contributed by atoms with E-state index in [2.05, 4.69) is 43.4 Å². The third-order valence-electron chi connectivity index (χ3n) is 4.24. The Kier molecular flexibility index (Phi) is 5.82. The second-order valence-corrected chi connectivity index (χ2v) is 8.34. The Morgan fingerprint density at radius 3 is 2.76 bits per heavy atom. The molecule has 1 fully saturated rings. The van der Waals surface area contributed by atoms with Gasteiger partial charge < -0.3 is 5.32 Å². The molecular formula is C17H27NO2S. The predicted octanol–water partition coefficient (Wildman–Crippen LogP) is 3.11. The monoisotopic (exact) mass is 309 g/mol. The van der Waals surface area contributed by atoms with Crippen molar-refractivity contribution < 1.29 is 8.42 Å². The molecule has 3 nitrogen and oxygen atoms in total. The van der Waals surface area contributed by atoms with Gasteiger partial charge in [-0.05, 0) is 42.9 Å². The van der Waals surface area contributed by atoms with Crippen molar-refractivity contribution in [3.05, 3.63) is 35.4 Å². The van der Waals surface area contributed by atoms with E-state index in [1.165, 1.54) is 11.1 Å². The van der Waals surface area contributed by atoms with Gasteiger partial charge in [-0.25, -0.2) is 8.42 Å². The average molecular weight is 309 g/mol. The molecule has 118 valence electrons. The highest BCUT2D eigenvalue weighted by atomic mass is 32.2. The molecule has 21 heavy (non-hydrogen) atoms. The van der Waals surface area contributed by atoms with E-state index in [1.807, 2.05) is 0 Å². The number of aryl methyl sites for hydroxylation is 1. The van der Waals surface area contributed by atoms with E-state index in [0.717, 1.165) is 32.2 Å². The minimum Gasteiger partial charge on any atom is -0.310 e. The van der Waals surface area contributed by atoms with Crippen LogP contribution < -0.4 is 5.32 Å². The van der Waals surface area contributed by atoms with Gasteiger partial charge in [0.05, 0.1) is 11.5 Å². The smallest absolute Gasteiger partial charge is 0.150 e. The van der Waals surface area contributed by atoms with E-state index in [0.29, 0.717) is 17.4 Å². The third-order valence-corrected chi connectivity index (χ3v) is 6.08. The fourth-order valence-corrected chi connectivity index (χ4v) is 5.11. The van der Waals surface area contributed by atoms with E-state index < -0.39 is 9.84 Å². The van der Waals surface area contributed by atoms with Gasteiger partial charge in [-0.2, -0.15) is 0 Å². The zero-order chi connectivity index (χ0) is 15.3. The largest absolute Gasteiger partial charge is 0.310 e. The highest BCUT2D eigenvalue weighted by molar-refractivity contribution is 7.91. The van der Waals surface area contributed by atoms with Crippen LogP contribution in [0.4, 0.5) is 0 Å². The number of hydrogen-bond donors (Lipinski definition) is 1. The van der Waals surface area contributed by atoms with Gasteiger partial charge in [0.2, 0.25) is 0 Å². The topological polar surface area (TPSA) is 46.2 Å². The highest BCUT2D eigenvalue weighted by Gasteiger charge is 2.30. The van der Waals surface area contributed by atoms with Gasteiger partial charge in [-0.1, -0.05) is 44.5 Å². The number of sulfone groups is 1. The first-order valence-electron chi connectivity index (χ1n) is 8.06. The predicted molar refractivity (Wildman–Crippen MR) is 88.2 cm³/mol. The molecule has 4 heteroatoms. The summed E-state index contributed by atoms with van der Waals surface area (Å²) in [7, 11) is -2.78. The number of benzene rings is 1. The molecule has 0 aliphatic carbocycles. The van der Waals surface area contributed by atoms with Gasteiger partial charge in [0.15, 0.2) is 9.84 Å². The molecule has 2 unspecified atom stereocenters. The lowest BCUT2D eigenvalue weighted by molar-refractivity contribution is 0.421. The Bertz CT molecular complexity index is 554. The summed E-state index contributed by atoms with van der Waals surface area (Å²) in [6.07, 6.45) is 3.99. The Morgan fingerprint density at radius 1 is 1.33 bits per heavy atom. The van der Waals surface area contributed by atoms with Crippen molar-refractivity contribution >= 4 is 9.84 Å². The molecule has 1 aliphatic heterocycles. The van der Waals surface area contributed by atoms with Crippen molar-refractivity contribution in [2.75, 3.05) is 18.1 Å². The second kappa shape index (κ2) is 7.41. The van der Waals surface area contributed by atoms with Gasteiger partial charge in [-0.15, -0.1) is 0 Å². The van der Waals surface area contributed by atoms with Gasteiger partial charge in [0.1, 0.15) is 0 Å². The number of rotatable bonds is 7. The molecule has 0 bridgehead atoms. The summed E-state index contributed by atoms with van der Waals surface area (Å²) >= 11 is 0. The van der Waals surface area contributed by atoms with Crippen LogP contribution in [0.25, 0.3) is 0 Å². The van der Waals surface area contributed by atoms with Crippen molar-refractivity contribution in [2.24, 2.45) is 5.92 Å². The highest BCUT2D eigenvalue weighted by Crippen LogP contribution is 2.29. The first-order valence-corrected chi connectivity index (χ1v) is 9.89. The Labute approximate surface area is 129 Å². The Balaban J connectivity index is 2.09. The quantitative estimate of drug-likeness (QED) is 0.842. The summed E-state index contributed by atoms with van der Waals surface area (Å²) in [4.78, 5) is 0. The number of nitrogens with one attached hydrogen (secondary N) is 1. The SMILES string of the molecule is CCCc1cccc(C(CC2CCS(=O)(=O)C2)NCC)c1. The fourth-order valence-electron chi connectivity index (χ4n) is 3.23. The standard InChI is InChI=1S/C17H27NO2S/c1-3-6-14-7-5-8-16(11-14)17(18-4-2)12-15-9-10-21(19,20)13-15/h5,7-8,11,15,17-18H,3-4,6,9-10,12-13H2,1-2H3. The average Bonchev–Trinajstić information content (AvgIpc) is 2.78. The maximum absolute atomic E-state index is 11.6. The molecule has 2 atom stereocenters. The Hall–Kier alpha value is -0.870. The van der Waals surface area contributed by atoms with Crippen LogP contribution in [0, 0.1) is 5.92 Å². The van der Waals surface area contributed by atoms with Crippen LogP contribution in [0.2, 0.25) is 0 Å². The molecular weight excluding hydrogens is 282 g/mol. The van der Waals surface area contributed by atoms with Gasteiger partial charge in [-0.3, -0.25) is 0 Å². The lowest BCUT2D eigenvalue weighted by Crippen LogP contribution is -2.24. The van der Waals surface area contributed by atoms with Crippen LogP contribution in [0.3, 0.4) is 0 Å². The molecule has 1 aliphatic rings. The van der Waals surface area contributed by atoms with Crippen LogP contribution in [-0.2, 0) is 16.3 Å². The molecule has 0 saturated carbocycles. The molecule has 1 aromatic carbocycles. The molecule has 0 radical (unpaired) electrons. The molecule has 0 aromatic heterocycles. The number of hydrogen-bond acceptors (Lipinski definition) is 3. The molecule has 0 amide bonds. The van der Waals surface area contributed by atoms with Crippen LogP contribution in [0.1, 0.15) is 50.3 Å². The molecule has 1 heterocycles.